The standard InChI is InChI=1S/C31H38ClN3O4/c1-9-20(5)30(32)35-26(38-17-31(7,8)37)15-19(4)14-22-10-11-23-24(34-22)12-13-25-27(23)28(33-16-18(2)3)29(39-25)21(6)36/h10-13,15,33,37H,2,9,14,16-17H2,1,3-8H3/b19-15+,30-20+,35-26+. The van der Waals surface area contributed by atoms with Crippen LogP contribution in [0.3, 0.4) is 0 Å². The molecule has 1 aromatic carbocycles. The van der Waals surface area contributed by atoms with Crippen molar-refractivity contribution in [2.24, 2.45) is 4.99 Å². The summed E-state index contributed by atoms with van der Waals surface area (Å²) in [4.78, 5) is 21.6. The first-order chi connectivity index (χ1) is 18.3. The zero-order chi connectivity index (χ0) is 28.9. The zero-order valence-corrected chi connectivity index (χ0v) is 24.6. The van der Waals surface area contributed by atoms with Crippen molar-refractivity contribution in [1.82, 2.24) is 4.98 Å². The number of nitrogens with one attached hydrogen (secondary N) is 1. The lowest BCUT2D eigenvalue weighted by molar-refractivity contribution is 0.0243. The minimum Gasteiger partial charge on any atom is -0.475 e. The van der Waals surface area contributed by atoms with Gasteiger partial charge in [0.2, 0.25) is 5.90 Å². The molecule has 0 saturated carbocycles. The van der Waals surface area contributed by atoms with Gasteiger partial charge in [-0.3, -0.25) is 9.78 Å². The molecule has 39 heavy (non-hydrogen) atoms. The molecule has 2 N–H and O–H groups in total. The van der Waals surface area contributed by atoms with Gasteiger partial charge in [0.25, 0.3) is 0 Å². The van der Waals surface area contributed by atoms with Gasteiger partial charge in [-0.05, 0) is 70.9 Å². The van der Waals surface area contributed by atoms with Gasteiger partial charge in [0.1, 0.15) is 17.3 Å². The fraction of sp³-hybridized carbons (Fsp3) is 0.387. The number of pyridine rings is 1. The van der Waals surface area contributed by atoms with Crippen LogP contribution in [0.4, 0.5) is 5.69 Å². The van der Waals surface area contributed by atoms with Crippen LogP contribution in [0.15, 0.2) is 68.2 Å². The first kappa shape index (κ1) is 30.1. The molecular weight excluding hydrogens is 514 g/mol. The molecule has 0 aliphatic heterocycles. The predicted octanol–water partition coefficient (Wildman–Crippen LogP) is 7.73. The Kier molecular flexibility index (Phi) is 9.75. The molecule has 0 bridgehead atoms. The fourth-order valence-electron chi connectivity index (χ4n) is 3.84. The van der Waals surface area contributed by atoms with Gasteiger partial charge in [-0.25, -0.2) is 4.99 Å². The average molecular weight is 552 g/mol. The van der Waals surface area contributed by atoms with Crippen molar-refractivity contribution in [3.05, 3.63) is 70.3 Å². The van der Waals surface area contributed by atoms with Gasteiger partial charge in [0.05, 0.1) is 22.2 Å². The lowest BCUT2D eigenvalue weighted by atomic mass is 10.1. The molecule has 208 valence electrons. The van der Waals surface area contributed by atoms with Gasteiger partial charge in [0, 0.05) is 31.0 Å². The van der Waals surface area contributed by atoms with Crippen molar-refractivity contribution in [3.63, 3.8) is 0 Å². The van der Waals surface area contributed by atoms with E-state index in [4.69, 9.17) is 25.7 Å². The summed E-state index contributed by atoms with van der Waals surface area (Å²) in [5.74, 6) is 0.478. The summed E-state index contributed by atoms with van der Waals surface area (Å²) < 4.78 is 11.7. The summed E-state index contributed by atoms with van der Waals surface area (Å²) in [6.07, 6.45) is 3.14. The molecule has 0 spiro atoms. The van der Waals surface area contributed by atoms with E-state index >= 15 is 0 Å². The van der Waals surface area contributed by atoms with Gasteiger partial charge in [-0.1, -0.05) is 42.3 Å². The topological polar surface area (TPSA) is 97.0 Å². The van der Waals surface area contributed by atoms with E-state index in [9.17, 15) is 9.90 Å². The molecule has 2 heterocycles. The van der Waals surface area contributed by atoms with E-state index in [2.05, 4.69) is 16.9 Å². The van der Waals surface area contributed by atoms with E-state index in [0.717, 1.165) is 45.1 Å². The number of fused-ring (bicyclic) bond motifs is 3. The Bertz CT molecular complexity index is 1490. The van der Waals surface area contributed by atoms with Crippen LogP contribution >= 0.6 is 11.6 Å². The van der Waals surface area contributed by atoms with Crippen molar-refractivity contribution in [2.75, 3.05) is 18.5 Å². The van der Waals surface area contributed by atoms with E-state index in [1.165, 1.54) is 6.92 Å². The largest absolute Gasteiger partial charge is 0.475 e. The van der Waals surface area contributed by atoms with Crippen molar-refractivity contribution >= 4 is 50.8 Å². The van der Waals surface area contributed by atoms with E-state index in [-0.39, 0.29) is 12.4 Å². The summed E-state index contributed by atoms with van der Waals surface area (Å²) in [6, 6.07) is 7.70. The molecule has 0 amide bonds. The van der Waals surface area contributed by atoms with Crippen molar-refractivity contribution in [3.8, 4) is 0 Å². The molecule has 3 aromatic rings. The second-order valence-corrected chi connectivity index (χ2v) is 11.0. The second kappa shape index (κ2) is 12.6. The Morgan fingerprint density at radius 1 is 1.23 bits per heavy atom. The molecular formula is C31H38ClN3O4. The van der Waals surface area contributed by atoms with Crippen LogP contribution in [0.1, 0.15) is 71.1 Å². The highest BCUT2D eigenvalue weighted by Gasteiger charge is 2.20. The first-order valence-electron chi connectivity index (χ1n) is 13.0. The molecule has 0 fully saturated rings. The molecule has 7 nitrogen and oxygen atoms in total. The van der Waals surface area contributed by atoms with Gasteiger partial charge in [-0.2, -0.15) is 0 Å². The third-order valence-corrected chi connectivity index (χ3v) is 6.37. The van der Waals surface area contributed by atoms with Crippen LogP contribution in [0.2, 0.25) is 0 Å². The number of benzene rings is 1. The number of allylic oxidation sites excluding steroid dienone is 2. The fourth-order valence-corrected chi connectivity index (χ4v) is 4.06. The number of carbonyl (C=O) groups excluding carboxylic acids is 1. The summed E-state index contributed by atoms with van der Waals surface area (Å²) >= 11 is 6.38. The van der Waals surface area contributed by atoms with Crippen LogP contribution in [0, 0.1) is 0 Å². The Hall–Kier alpha value is -3.42. The SMILES string of the molecule is C=C(C)CNc1c(C(C)=O)oc2ccc3nc(C/C(C)=C/C(=N\C(Cl)=C(/C)CC)OCC(C)(C)O)ccc3c12. The number of nitrogens with zero attached hydrogens (tertiary/aromatic N) is 2. The Labute approximate surface area is 235 Å². The molecule has 0 aliphatic rings. The Morgan fingerprint density at radius 2 is 1.95 bits per heavy atom. The number of ketones is 1. The number of aliphatic hydroxyl groups is 1. The molecule has 0 atom stereocenters. The van der Waals surface area contributed by atoms with Crippen LogP contribution in [0.25, 0.3) is 21.9 Å². The van der Waals surface area contributed by atoms with Crippen LogP contribution in [-0.4, -0.2) is 40.5 Å². The average Bonchev–Trinajstić information content (AvgIpc) is 3.24. The number of aromatic nitrogens is 1. The highest BCUT2D eigenvalue weighted by atomic mass is 35.5. The quantitative estimate of drug-likeness (QED) is 0.0832. The lowest BCUT2D eigenvalue weighted by Gasteiger charge is -2.18. The smallest absolute Gasteiger partial charge is 0.214 e. The number of halogens is 1. The number of aliphatic imine (C=N–C) groups is 1. The highest BCUT2D eigenvalue weighted by molar-refractivity contribution is 6.30. The predicted molar refractivity (Wildman–Crippen MR) is 161 cm³/mol. The molecule has 0 radical (unpaired) electrons. The summed E-state index contributed by atoms with van der Waals surface area (Å²) in [6.45, 7) is 17.2. The number of hydrogen-bond donors (Lipinski definition) is 2. The molecule has 0 aliphatic carbocycles. The summed E-state index contributed by atoms with van der Waals surface area (Å²) in [5, 5.41) is 15.5. The third-order valence-electron chi connectivity index (χ3n) is 5.96. The number of carbonyl (C=O) groups is 1. The van der Waals surface area contributed by atoms with Crippen LogP contribution in [-0.2, 0) is 11.2 Å². The maximum Gasteiger partial charge on any atom is 0.214 e. The minimum absolute atomic E-state index is 0.0733. The van der Waals surface area contributed by atoms with Crippen molar-refractivity contribution in [1.29, 1.82) is 0 Å². The van der Waals surface area contributed by atoms with E-state index in [1.807, 2.05) is 58.0 Å². The lowest BCUT2D eigenvalue weighted by Crippen LogP contribution is -2.27. The number of anilines is 1. The van der Waals surface area contributed by atoms with E-state index in [0.29, 0.717) is 41.1 Å². The number of furan rings is 1. The third kappa shape index (κ3) is 8.04. The minimum atomic E-state index is -1.02. The zero-order valence-electron chi connectivity index (χ0n) is 23.9. The highest BCUT2D eigenvalue weighted by Crippen LogP contribution is 2.36. The van der Waals surface area contributed by atoms with E-state index < -0.39 is 5.60 Å². The van der Waals surface area contributed by atoms with Gasteiger partial charge in [0.15, 0.2) is 11.5 Å². The Morgan fingerprint density at radius 3 is 2.56 bits per heavy atom. The van der Waals surface area contributed by atoms with Crippen molar-refractivity contribution < 1.29 is 19.1 Å². The first-order valence-corrected chi connectivity index (χ1v) is 13.4. The van der Waals surface area contributed by atoms with Crippen LogP contribution < -0.4 is 5.32 Å². The van der Waals surface area contributed by atoms with Crippen LogP contribution in [0.5, 0.6) is 0 Å². The maximum absolute atomic E-state index is 12.3. The molecule has 2 aromatic heterocycles. The molecule has 8 heteroatoms. The van der Waals surface area contributed by atoms with Crippen molar-refractivity contribution in [2.45, 2.75) is 66.9 Å². The normalized spacial score (nSPS) is 13.6. The molecule has 0 unspecified atom stereocenters. The molecule has 0 saturated heterocycles. The molecule has 3 rings (SSSR count). The monoisotopic (exact) mass is 551 g/mol. The summed E-state index contributed by atoms with van der Waals surface area (Å²) in [5.41, 5.74) is 4.76. The number of ether oxygens (including phenoxy) is 1. The number of hydrogen-bond acceptors (Lipinski definition) is 7. The Balaban J connectivity index is 1.98. The van der Waals surface area contributed by atoms with Gasteiger partial charge in [-0.15, -0.1) is 0 Å². The summed E-state index contributed by atoms with van der Waals surface area (Å²) in [7, 11) is 0. The second-order valence-electron chi connectivity index (χ2n) is 10.6. The van der Waals surface area contributed by atoms with E-state index in [1.54, 1.807) is 13.8 Å². The van der Waals surface area contributed by atoms with Gasteiger partial charge >= 0.3 is 0 Å². The number of Topliss-reactive ketones (excluding diaryl/α,β-unsaturated/α-hetero) is 1. The number of rotatable bonds is 11. The van der Waals surface area contributed by atoms with Gasteiger partial charge < -0.3 is 19.6 Å². The maximum atomic E-state index is 12.3.